The third-order valence-electron chi connectivity index (χ3n) is 6.87. The van der Waals surface area contributed by atoms with Crippen LogP contribution in [0.3, 0.4) is 0 Å². The lowest BCUT2D eigenvalue weighted by molar-refractivity contribution is 0.0361. The van der Waals surface area contributed by atoms with E-state index in [0.29, 0.717) is 43.2 Å². The lowest BCUT2D eigenvalue weighted by Crippen LogP contribution is -2.44. The molecule has 1 aliphatic rings. The minimum Gasteiger partial charge on any atom is -0.379 e. The van der Waals surface area contributed by atoms with Crippen molar-refractivity contribution in [3.05, 3.63) is 61.6 Å². The van der Waals surface area contributed by atoms with Crippen LogP contribution in [0, 0.1) is 27.7 Å². The van der Waals surface area contributed by atoms with Gasteiger partial charge in [-0.2, -0.15) is 4.98 Å². The lowest BCUT2D eigenvalue weighted by atomic mass is 10.1. The van der Waals surface area contributed by atoms with Gasteiger partial charge in [0.15, 0.2) is 11.2 Å². The summed E-state index contributed by atoms with van der Waals surface area (Å²) in [5, 5.41) is 0. The second-order valence-corrected chi connectivity index (χ2v) is 8.97. The average Bonchev–Trinajstić information content (AvgIpc) is 3.30. The molecule has 0 radical (unpaired) electrons. The highest BCUT2D eigenvalue weighted by molar-refractivity contribution is 5.77. The van der Waals surface area contributed by atoms with Crippen molar-refractivity contribution in [1.82, 2.24) is 28.0 Å². The molecule has 5 rings (SSSR count). The van der Waals surface area contributed by atoms with Gasteiger partial charge in [0.2, 0.25) is 5.78 Å². The van der Waals surface area contributed by atoms with Gasteiger partial charge in [-0.1, -0.05) is 12.1 Å². The van der Waals surface area contributed by atoms with Crippen molar-refractivity contribution in [1.29, 1.82) is 0 Å². The van der Waals surface area contributed by atoms with E-state index in [-0.39, 0.29) is 11.2 Å². The molecule has 0 N–H and O–H groups in total. The van der Waals surface area contributed by atoms with E-state index in [4.69, 9.17) is 9.72 Å². The van der Waals surface area contributed by atoms with Crippen LogP contribution in [0.4, 0.5) is 0 Å². The molecule has 0 saturated carbocycles. The number of fused-ring (bicyclic) bond motifs is 3. The largest absolute Gasteiger partial charge is 0.379 e. The molecule has 3 aromatic heterocycles. The average molecular weight is 451 g/mol. The molecule has 0 bridgehead atoms. The van der Waals surface area contributed by atoms with E-state index in [0.717, 1.165) is 41.3 Å². The Bertz CT molecular complexity index is 1500. The molecule has 1 saturated heterocycles. The van der Waals surface area contributed by atoms with E-state index in [9.17, 15) is 9.59 Å². The van der Waals surface area contributed by atoms with Crippen molar-refractivity contribution >= 4 is 16.9 Å². The molecule has 1 fully saturated rings. The topological polar surface area (TPSA) is 78.7 Å². The van der Waals surface area contributed by atoms with Crippen LogP contribution < -0.4 is 11.2 Å². The summed E-state index contributed by atoms with van der Waals surface area (Å²) in [4.78, 5) is 33.7. The molecule has 4 heterocycles. The van der Waals surface area contributed by atoms with Gasteiger partial charge in [-0.15, -0.1) is 0 Å². The van der Waals surface area contributed by atoms with Gasteiger partial charge in [0.05, 0.1) is 18.9 Å². The van der Waals surface area contributed by atoms with E-state index in [2.05, 4.69) is 41.5 Å². The van der Waals surface area contributed by atoms with Gasteiger partial charge < -0.3 is 4.74 Å². The number of nitrogens with zero attached hydrogens (tertiary/aromatic N) is 6. The number of aromatic nitrogens is 5. The zero-order valence-corrected chi connectivity index (χ0v) is 19.9. The van der Waals surface area contributed by atoms with E-state index in [1.54, 1.807) is 7.05 Å². The zero-order valence-electron chi connectivity index (χ0n) is 19.9. The van der Waals surface area contributed by atoms with Crippen LogP contribution in [0.25, 0.3) is 22.6 Å². The highest BCUT2D eigenvalue weighted by Crippen LogP contribution is 2.26. The summed E-state index contributed by atoms with van der Waals surface area (Å²) in [6, 6.07) is 6.30. The maximum atomic E-state index is 13.6. The van der Waals surface area contributed by atoms with Gasteiger partial charge in [-0.05, 0) is 44.9 Å². The number of hydrogen-bond donors (Lipinski definition) is 0. The lowest BCUT2D eigenvalue weighted by Gasteiger charge is -2.26. The molecule has 1 aliphatic heterocycles. The van der Waals surface area contributed by atoms with Gasteiger partial charge >= 0.3 is 5.69 Å². The number of morpholine rings is 1. The van der Waals surface area contributed by atoms with E-state index >= 15 is 0 Å². The molecule has 0 aliphatic carbocycles. The molecule has 0 unspecified atom stereocenters. The summed E-state index contributed by atoms with van der Waals surface area (Å²) < 4.78 is 12.2. The Labute approximate surface area is 191 Å². The first-order valence-corrected chi connectivity index (χ1v) is 11.4. The standard InChI is InChI=1S/C24H30N6O3/c1-15-6-7-16(2)19(14-15)29-17(3)18(4)30-20-21(25-23(29)30)26(5)24(32)28(22(20)31)9-8-27-10-12-33-13-11-27/h6-7,14H,8-13H2,1-5H3. The van der Waals surface area contributed by atoms with Gasteiger partial charge in [-0.25, -0.2) is 4.79 Å². The monoisotopic (exact) mass is 450 g/mol. The molecule has 33 heavy (non-hydrogen) atoms. The van der Waals surface area contributed by atoms with Crippen molar-refractivity contribution < 1.29 is 4.74 Å². The fourth-order valence-electron chi connectivity index (χ4n) is 4.76. The third kappa shape index (κ3) is 3.34. The SMILES string of the molecule is Cc1ccc(C)c(-n2c(C)c(C)n3c4c(=O)n(CCN5CCOCC5)c(=O)n(C)c4nc23)c1. The molecule has 9 heteroatoms. The van der Waals surface area contributed by atoms with Crippen molar-refractivity contribution in [3.8, 4) is 5.69 Å². The summed E-state index contributed by atoms with van der Waals surface area (Å²) in [5.74, 6) is 0.645. The predicted molar refractivity (Wildman–Crippen MR) is 128 cm³/mol. The molecular formula is C24H30N6O3. The normalized spacial score (nSPS) is 15.2. The Balaban J connectivity index is 1.73. The van der Waals surface area contributed by atoms with Crippen LogP contribution >= 0.6 is 0 Å². The van der Waals surface area contributed by atoms with E-state index < -0.39 is 0 Å². The van der Waals surface area contributed by atoms with Crippen LogP contribution in [0.1, 0.15) is 22.5 Å². The zero-order chi connectivity index (χ0) is 23.4. The van der Waals surface area contributed by atoms with Crippen LogP contribution in [0.2, 0.25) is 0 Å². The molecule has 1 aromatic carbocycles. The van der Waals surface area contributed by atoms with Gasteiger partial charge in [0, 0.05) is 44.6 Å². The summed E-state index contributed by atoms with van der Waals surface area (Å²) >= 11 is 0. The van der Waals surface area contributed by atoms with Gasteiger partial charge in [-0.3, -0.25) is 27.8 Å². The summed E-state index contributed by atoms with van der Waals surface area (Å²) in [7, 11) is 1.69. The Morgan fingerprint density at radius 3 is 2.45 bits per heavy atom. The summed E-state index contributed by atoms with van der Waals surface area (Å²) in [6.45, 7) is 12.1. The molecule has 9 nitrogen and oxygen atoms in total. The second-order valence-electron chi connectivity index (χ2n) is 8.97. The van der Waals surface area contributed by atoms with Crippen LogP contribution in [0.5, 0.6) is 0 Å². The fourth-order valence-corrected chi connectivity index (χ4v) is 4.76. The minimum absolute atomic E-state index is 0.296. The second kappa shape index (κ2) is 8.00. The van der Waals surface area contributed by atoms with Crippen LogP contribution in [0.15, 0.2) is 27.8 Å². The number of aryl methyl sites for hydroxylation is 4. The Morgan fingerprint density at radius 2 is 1.73 bits per heavy atom. The maximum absolute atomic E-state index is 13.6. The number of rotatable bonds is 4. The first kappa shape index (κ1) is 21.7. The number of hydrogen-bond acceptors (Lipinski definition) is 5. The molecular weight excluding hydrogens is 420 g/mol. The molecule has 174 valence electrons. The quantitative estimate of drug-likeness (QED) is 0.473. The highest BCUT2D eigenvalue weighted by Gasteiger charge is 2.24. The van der Waals surface area contributed by atoms with Crippen molar-refractivity contribution in [2.24, 2.45) is 7.05 Å². The minimum atomic E-state index is -0.339. The van der Waals surface area contributed by atoms with Crippen molar-refractivity contribution in [2.75, 3.05) is 32.8 Å². The Kier molecular flexibility index (Phi) is 5.25. The summed E-state index contributed by atoms with van der Waals surface area (Å²) in [6.07, 6.45) is 0. The Morgan fingerprint density at radius 1 is 1.00 bits per heavy atom. The maximum Gasteiger partial charge on any atom is 0.332 e. The first-order valence-electron chi connectivity index (χ1n) is 11.4. The smallest absolute Gasteiger partial charge is 0.332 e. The Hall–Kier alpha value is -3.17. The van der Waals surface area contributed by atoms with Crippen LogP contribution in [-0.4, -0.2) is 60.8 Å². The molecule has 0 amide bonds. The third-order valence-corrected chi connectivity index (χ3v) is 6.87. The molecule has 0 spiro atoms. The predicted octanol–water partition coefficient (Wildman–Crippen LogP) is 1.70. The first-order chi connectivity index (χ1) is 15.8. The van der Waals surface area contributed by atoms with E-state index in [1.165, 1.54) is 9.13 Å². The van der Waals surface area contributed by atoms with Crippen LogP contribution in [-0.2, 0) is 18.3 Å². The van der Waals surface area contributed by atoms with Crippen molar-refractivity contribution in [3.63, 3.8) is 0 Å². The number of imidazole rings is 2. The number of ether oxygens (including phenoxy) is 1. The highest BCUT2D eigenvalue weighted by atomic mass is 16.5. The molecule has 4 aromatic rings. The van der Waals surface area contributed by atoms with Gasteiger partial charge in [0.1, 0.15) is 0 Å². The van der Waals surface area contributed by atoms with E-state index in [1.807, 2.05) is 18.2 Å². The van der Waals surface area contributed by atoms with Crippen molar-refractivity contribution in [2.45, 2.75) is 34.2 Å². The molecule has 0 atom stereocenters. The van der Waals surface area contributed by atoms with Gasteiger partial charge in [0.25, 0.3) is 5.56 Å². The summed E-state index contributed by atoms with van der Waals surface area (Å²) in [5.41, 5.74) is 5.45. The number of benzene rings is 1. The fraction of sp³-hybridized carbons (Fsp3) is 0.458.